The van der Waals surface area contributed by atoms with Gasteiger partial charge in [0.05, 0.1) is 5.69 Å². The van der Waals surface area contributed by atoms with Crippen molar-refractivity contribution >= 4 is 11.8 Å². The number of rotatable bonds is 5. The van der Waals surface area contributed by atoms with E-state index in [1.54, 1.807) is 11.8 Å². The molecule has 18 heavy (non-hydrogen) atoms. The Kier molecular flexibility index (Phi) is 5.13. The van der Waals surface area contributed by atoms with E-state index in [2.05, 4.69) is 17.3 Å². The third-order valence-corrected chi connectivity index (χ3v) is 4.93. The SMILES string of the molecule is CNC(CSc1nc(C)c(C)o1)C1CCCCC1. The van der Waals surface area contributed by atoms with Gasteiger partial charge in [-0.3, -0.25) is 0 Å². The van der Waals surface area contributed by atoms with Crippen LogP contribution in [0.2, 0.25) is 0 Å². The molecule has 0 radical (unpaired) electrons. The van der Waals surface area contributed by atoms with Gasteiger partial charge in [-0.1, -0.05) is 31.0 Å². The molecule has 0 saturated heterocycles. The van der Waals surface area contributed by atoms with Crippen LogP contribution in [0, 0.1) is 19.8 Å². The van der Waals surface area contributed by atoms with Gasteiger partial charge in [0.2, 0.25) is 0 Å². The molecular weight excluding hydrogens is 244 g/mol. The molecule has 4 heteroatoms. The highest BCUT2D eigenvalue weighted by atomic mass is 32.2. The zero-order chi connectivity index (χ0) is 13.0. The van der Waals surface area contributed by atoms with Gasteiger partial charge in [0.1, 0.15) is 5.76 Å². The van der Waals surface area contributed by atoms with Crippen molar-refractivity contribution in [3.63, 3.8) is 0 Å². The first-order valence-electron chi connectivity index (χ1n) is 6.95. The number of aromatic nitrogens is 1. The number of hydrogen-bond donors (Lipinski definition) is 1. The average molecular weight is 268 g/mol. The molecule has 0 spiro atoms. The van der Waals surface area contributed by atoms with Crippen molar-refractivity contribution in [2.75, 3.05) is 12.8 Å². The fraction of sp³-hybridized carbons (Fsp3) is 0.786. The minimum atomic E-state index is 0.586. The smallest absolute Gasteiger partial charge is 0.256 e. The summed E-state index contributed by atoms with van der Waals surface area (Å²) < 4.78 is 5.62. The van der Waals surface area contributed by atoms with Gasteiger partial charge in [0.25, 0.3) is 5.22 Å². The maximum atomic E-state index is 5.62. The fourth-order valence-electron chi connectivity index (χ4n) is 2.66. The number of oxazole rings is 1. The Hall–Kier alpha value is -0.480. The molecule has 1 unspecified atom stereocenters. The normalized spacial score (nSPS) is 19.1. The molecule has 3 nitrogen and oxygen atoms in total. The van der Waals surface area contributed by atoms with Gasteiger partial charge in [-0.05, 0) is 39.7 Å². The molecule has 0 bridgehead atoms. The second-order valence-electron chi connectivity index (χ2n) is 5.23. The fourth-order valence-corrected chi connectivity index (χ4v) is 3.80. The topological polar surface area (TPSA) is 38.1 Å². The van der Waals surface area contributed by atoms with Crippen molar-refractivity contribution in [1.29, 1.82) is 0 Å². The van der Waals surface area contributed by atoms with E-state index in [0.29, 0.717) is 6.04 Å². The molecule has 1 aliphatic carbocycles. The van der Waals surface area contributed by atoms with Crippen LogP contribution in [0.3, 0.4) is 0 Å². The van der Waals surface area contributed by atoms with E-state index in [1.807, 2.05) is 13.8 Å². The second kappa shape index (κ2) is 6.62. The van der Waals surface area contributed by atoms with Gasteiger partial charge in [-0.2, -0.15) is 0 Å². The van der Waals surface area contributed by atoms with E-state index < -0.39 is 0 Å². The first kappa shape index (κ1) is 13.9. The van der Waals surface area contributed by atoms with Crippen LogP contribution < -0.4 is 5.32 Å². The molecule has 102 valence electrons. The lowest BCUT2D eigenvalue weighted by Crippen LogP contribution is -2.36. The molecule has 1 fully saturated rings. The van der Waals surface area contributed by atoms with Crippen LogP contribution in [0.5, 0.6) is 0 Å². The number of aryl methyl sites for hydroxylation is 2. The Labute approximate surface area is 114 Å². The number of nitrogens with one attached hydrogen (secondary N) is 1. The Morgan fingerprint density at radius 1 is 1.33 bits per heavy atom. The van der Waals surface area contributed by atoms with E-state index in [0.717, 1.165) is 28.3 Å². The van der Waals surface area contributed by atoms with Crippen LogP contribution >= 0.6 is 11.8 Å². The first-order chi connectivity index (χ1) is 8.70. The van der Waals surface area contributed by atoms with Gasteiger partial charge < -0.3 is 9.73 Å². The summed E-state index contributed by atoms with van der Waals surface area (Å²) in [5, 5.41) is 4.29. The minimum Gasteiger partial charge on any atom is -0.437 e. The molecule has 1 N–H and O–H groups in total. The third-order valence-electron chi connectivity index (χ3n) is 3.98. The highest BCUT2D eigenvalue weighted by Gasteiger charge is 2.23. The van der Waals surface area contributed by atoms with Crippen molar-refractivity contribution in [2.24, 2.45) is 5.92 Å². The van der Waals surface area contributed by atoms with Crippen LogP contribution in [0.1, 0.15) is 43.6 Å². The summed E-state index contributed by atoms with van der Waals surface area (Å²) in [5.74, 6) is 2.82. The summed E-state index contributed by atoms with van der Waals surface area (Å²) in [6.45, 7) is 3.97. The molecule has 1 aromatic rings. The minimum absolute atomic E-state index is 0.586. The standard InChI is InChI=1S/C14H24N2OS/c1-10-11(2)17-14(16-10)18-9-13(15-3)12-7-5-4-6-8-12/h12-13,15H,4-9H2,1-3H3. The third kappa shape index (κ3) is 3.51. The number of hydrogen-bond acceptors (Lipinski definition) is 4. The first-order valence-corrected chi connectivity index (χ1v) is 7.93. The Bertz CT molecular complexity index is 352. The summed E-state index contributed by atoms with van der Waals surface area (Å²) in [6.07, 6.45) is 6.94. The van der Waals surface area contributed by atoms with Crippen LogP contribution in [0.4, 0.5) is 0 Å². The Balaban J connectivity index is 1.86. The average Bonchev–Trinajstić information content (AvgIpc) is 2.71. The molecule has 2 rings (SSSR count). The predicted molar refractivity (Wildman–Crippen MR) is 76.1 cm³/mol. The quantitative estimate of drug-likeness (QED) is 0.829. The maximum absolute atomic E-state index is 5.62. The van der Waals surface area contributed by atoms with Gasteiger partial charge >= 0.3 is 0 Å². The van der Waals surface area contributed by atoms with Gasteiger partial charge in [-0.25, -0.2) is 4.98 Å². The van der Waals surface area contributed by atoms with E-state index in [1.165, 1.54) is 32.1 Å². The van der Waals surface area contributed by atoms with Crippen molar-refractivity contribution in [2.45, 2.75) is 57.2 Å². The molecule has 0 aromatic carbocycles. The molecule has 1 atom stereocenters. The molecule has 0 amide bonds. The maximum Gasteiger partial charge on any atom is 0.256 e. The monoisotopic (exact) mass is 268 g/mol. The molecule has 1 saturated carbocycles. The molecule has 0 aliphatic heterocycles. The van der Waals surface area contributed by atoms with Gasteiger partial charge in [0.15, 0.2) is 0 Å². The van der Waals surface area contributed by atoms with Crippen LogP contribution in [0.15, 0.2) is 9.64 Å². The molecular formula is C14H24N2OS. The molecule has 1 heterocycles. The Morgan fingerprint density at radius 3 is 2.61 bits per heavy atom. The van der Waals surface area contributed by atoms with Crippen LogP contribution in [-0.4, -0.2) is 23.8 Å². The summed E-state index contributed by atoms with van der Waals surface area (Å²) in [5.41, 5.74) is 1.01. The van der Waals surface area contributed by atoms with Crippen molar-refractivity contribution in [3.8, 4) is 0 Å². The lowest BCUT2D eigenvalue weighted by Gasteiger charge is -2.29. The van der Waals surface area contributed by atoms with Crippen molar-refractivity contribution in [1.82, 2.24) is 10.3 Å². The number of thioether (sulfide) groups is 1. The highest BCUT2D eigenvalue weighted by Crippen LogP contribution is 2.29. The largest absolute Gasteiger partial charge is 0.437 e. The summed E-state index contributed by atoms with van der Waals surface area (Å²) >= 11 is 1.74. The summed E-state index contributed by atoms with van der Waals surface area (Å²) in [7, 11) is 2.08. The zero-order valence-corrected chi connectivity index (χ0v) is 12.5. The summed E-state index contributed by atoms with van der Waals surface area (Å²) in [4.78, 5) is 4.43. The number of nitrogens with zero attached hydrogens (tertiary/aromatic N) is 1. The summed E-state index contributed by atoms with van der Waals surface area (Å²) in [6, 6.07) is 0.586. The van der Waals surface area contributed by atoms with E-state index in [4.69, 9.17) is 4.42 Å². The lowest BCUT2D eigenvalue weighted by molar-refractivity contribution is 0.294. The van der Waals surface area contributed by atoms with Crippen molar-refractivity contribution < 1.29 is 4.42 Å². The van der Waals surface area contributed by atoms with Crippen LogP contribution in [-0.2, 0) is 0 Å². The predicted octanol–water partition coefficient (Wildman–Crippen LogP) is 3.55. The van der Waals surface area contributed by atoms with Gasteiger partial charge in [0, 0.05) is 11.8 Å². The van der Waals surface area contributed by atoms with Gasteiger partial charge in [-0.15, -0.1) is 0 Å². The van der Waals surface area contributed by atoms with Crippen molar-refractivity contribution in [3.05, 3.63) is 11.5 Å². The van der Waals surface area contributed by atoms with E-state index in [9.17, 15) is 0 Å². The van der Waals surface area contributed by atoms with Crippen LogP contribution in [0.25, 0.3) is 0 Å². The zero-order valence-electron chi connectivity index (χ0n) is 11.7. The van der Waals surface area contributed by atoms with E-state index >= 15 is 0 Å². The Morgan fingerprint density at radius 2 is 2.06 bits per heavy atom. The molecule has 1 aliphatic rings. The molecule has 1 aromatic heterocycles. The lowest BCUT2D eigenvalue weighted by atomic mass is 9.84. The second-order valence-corrected chi connectivity index (χ2v) is 6.20. The highest BCUT2D eigenvalue weighted by molar-refractivity contribution is 7.99. The van der Waals surface area contributed by atoms with E-state index in [-0.39, 0.29) is 0 Å².